The van der Waals surface area contributed by atoms with Crippen LogP contribution in [0.1, 0.15) is 11.1 Å². The first-order valence-corrected chi connectivity index (χ1v) is 7.57. The monoisotopic (exact) mass is 346 g/mol. The first kappa shape index (κ1) is 17.0. The van der Waals surface area contributed by atoms with Crippen LogP contribution >= 0.6 is 0 Å². The lowest BCUT2D eigenvalue weighted by atomic mass is 10.2. The summed E-state index contributed by atoms with van der Waals surface area (Å²) in [6.45, 7) is 0.466. The fourth-order valence-corrected chi connectivity index (χ4v) is 2.39. The van der Waals surface area contributed by atoms with Crippen molar-refractivity contribution in [2.45, 2.75) is 13.1 Å². The lowest BCUT2D eigenvalue weighted by Gasteiger charge is -2.08. The van der Waals surface area contributed by atoms with Crippen molar-refractivity contribution in [3.05, 3.63) is 101 Å². The molecule has 0 radical (unpaired) electrons. The molecular formula is C19H14F4N2. The van der Waals surface area contributed by atoms with E-state index in [4.69, 9.17) is 0 Å². The summed E-state index contributed by atoms with van der Waals surface area (Å²) in [5.41, 5.74) is 1.69. The van der Waals surface area contributed by atoms with Gasteiger partial charge in [-0.2, -0.15) is 0 Å². The maximum Gasteiger partial charge on any atom is 0.159 e. The highest BCUT2D eigenvalue weighted by molar-refractivity contribution is 5.19. The molecule has 0 unspecified atom stereocenters. The molecule has 1 aromatic heterocycles. The van der Waals surface area contributed by atoms with Crippen LogP contribution in [-0.2, 0) is 13.1 Å². The third-order valence-corrected chi connectivity index (χ3v) is 3.66. The van der Waals surface area contributed by atoms with E-state index < -0.39 is 23.3 Å². The van der Waals surface area contributed by atoms with E-state index in [-0.39, 0.29) is 6.54 Å². The number of nitrogens with zero attached hydrogens (tertiary/aromatic N) is 2. The predicted octanol–water partition coefficient (Wildman–Crippen LogP) is 4.19. The Morgan fingerprint density at radius 1 is 0.720 bits per heavy atom. The lowest BCUT2D eigenvalue weighted by Crippen LogP contribution is -2.20. The van der Waals surface area contributed by atoms with E-state index in [1.54, 1.807) is 29.0 Å². The number of hydrogen-bond acceptors (Lipinski definition) is 1. The largest absolute Gasteiger partial charge is 0.329 e. The zero-order valence-corrected chi connectivity index (χ0v) is 13.1. The molecule has 0 aliphatic rings. The number of rotatable bonds is 4. The normalized spacial score (nSPS) is 11.8. The minimum absolute atomic E-state index is 0.166. The zero-order valence-electron chi connectivity index (χ0n) is 13.1. The van der Waals surface area contributed by atoms with Gasteiger partial charge in [-0.25, -0.2) is 17.6 Å². The summed E-state index contributed by atoms with van der Waals surface area (Å²) in [5.74, 6) is -3.63. The highest BCUT2D eigenvalue weighted by Gasteiger charge is 2.04. The van der Waals surface area contributed by atoms with Gasteiger partial charge in [-0.1, -0.05) is 18.2 Å². The first-order chi connectivity index (χ1) is 12.0. The second kappa shape index (κ2) is 7.34. The van der Waals surface area contributed by atoms with Gasteiger partial charge in [0.1, 0.15) is 5.49 Å². The van der Waals surface area contributed by atoms with E-state index in [1.165, 1.54) is 12.1 Å². The number of halogens is 4. The Labute approximate surface area is 141 Å². The number of aromatic nitrogens is 1. The standard InChI is InChI=1S/C19H14F4N2/c20-15-6-4-13(9-17(15)22)11-24-19-3-1-2-8-25(19)12-14-5-7-16(21)18(23)10-14/h1-10H,11-12H2/b24-19+. The van der Waals surface area contributed by atoms with Crippen molar-refractivity contribution >= 4 is 0 Å². The van der Waals surface area contributed by atoms with Crippen LogP contribution in [0.5, 0.6) is 0 Å². The molecular weight excluding hydrogens is 332 g/mol. The average molecular weight is 346 g/mol. The molecule has 0 amide bonds. The molecule has 0 aliphatic carbocycles. The van der Waals surface area contributed by atoms with Crippen molar-refractivity contribution < 1.29 is 17.6 Å². The Morgan fingerprint density at radius 2 is 1.36 bits per heavy atom. The van der Waals surface area contributed by atoms with Crippen molar-refractivity contribution in [1.82, 2.24) is 4.57 Å². The predicted molar refractivity (Wildman–Crippen MR) is 85.5 cm³/mol. The highest BCUT2D eigenvalue weighted by atomic mass is 19.2. The van der Waals surface area contributed by atoms with E-state index in [1.807, 2.05) is 0 Å². The second-order valence-corrected chi connectivity index (χ2v) is 5.50. The van der Waals surface area contributed by atoms with Gasteiger partial charge in [0.25, 0.3) is 0 Å². The molecule has 0 bridgehead atoms. The maximum atomic E-state index is 13.3. The van der Waals surface area contributed by atoms with Crippen LogP contribution in [-0.4, -0.2) is 4.57 Å². The molecule has 0 atom stereocenters. The average Bonchev–Trinajstić information content (AvgIpc) is 2.60. The quantitative estimate of drug-likeness (QED) is 0.630. The third kappa shape index (κ3) is 4.15. The Morgan fingerprint density at radius 3 is 2.04 bits per heavy atom. The van der Waals surface area contributed by atoms with Crippen molar-refractivity contribution in [3.8, 4) is 0 Å². The number of hydrogen-bond donors (Lipinski definition) is 0. The van der Waals surface area contributed by atoms with Gasteiger partial charge < -0.3 is 4.57 Å². The van der Waals surface area contributed by atoms with E-state index in [9.17, 15) is 17.6 Å². The lowest BCUT2D eigenvalue weighted by molar-refractivity contribution is 0.506. The van der Waals surface area contributed by atoms with Crippen LogP contribution in [0, 0.1) is 23.3 Å². The Balaban J connectivity index is 1.87. The fourth-order valence-electron chi connectivity index (χ4n) is 2.39. The van der Waals surface area contributed by atoms with Gasteiger partial charge in [-0.15, -0.1) is 0 Å². The Hall–Kier alpha value is -2.89. The second-order valence-electron chi connectivity index (χ2n) is 5.50. The minimum Gasteiger partial charge on any atom is -0.329 e. The van der Waals surface area contributed by atoms with Crippen molar-refractivity contribution in [2.75, 3.05) is 0 Å². The third-order valence-electron chi connectivity index (χ3n) is 3.66. The van der Waals surface area contributed by atoms with Crippen LogP contribution in [0.2, 0.25) is 0 Å². The minimum atomic E-state index is -0.921. The van der Waals surface area contributed by atoms with Gasteiger partial charge in [0.15, 0.2) is 23.3 Å². The van der Waals surface area contributed by atoms with E-state index in [2.05, 4.69) is 4.99 Å². The van der Waals surface area contributed by atoms with E-state index >= 15 is 0 Å². The topological polar surface area (TPSA) is 17.3 Å². The van der Waals surface area contributed by atoms with Gasteiger partial charge in [-0.3, -0.25) is 4.99 Å². The van der Waals surface area contributed by atoms with Gasteiger partial charge in [0.05, 0.1) is 6.54 Å². The Kier molecular flexibility index (Phi) is 4.97. The summed E-state index contributed by atoms with van der Waals surface area (Å²) in [7, 11) is 0. The van der Waals surface area contributed by atoms with Crippen LogP contribution in [0.4, 0.5) is 17.6 Å². The van der Waals surface area contributed by atoms with Gasteiger partial charge in [-0.05, 0) is 47.5 Å². The SMILES string of the molecule is Fc1ccc(C/N=c2\ccccn2Cc2ccc(F)c(F)c2)cc1F. The summed E-state index contributed by atoms with van der Waals surface area (Å²) >= 11 is 0. The van der Waals surface area contributed by atoms with Crippen LogP contribution < -0.4 is 5.49 Å². The summed E-state index contributed by atoms with van der Waals surface area (Å²) in [5, 5.41) is 0. The molecule has 0 saturated carbocycles. The molecule has 0 N–H and O–H groups in total. The molecule has 6 heteroatoms. The van der Waals surface area contributed by atoms with E-state index in [0.29, 0.717) is 23.2 Å². The van der Waals surface area contributed by atoms with Crippen LogP contribution in [0.15, 0.2) is 65.8 Å². The Bertz CT molecular complexity index is 964. The van der Waals surface area contributed by atoms with Gasteiger partial charge in [0, 0.05) is 12.7 Å². The van der Waals surface area contributed by atoms with Crippen molar-refractivity contribution in [3.63, 3.8) is 0 Å². The highest BCUT2D eigenvalue weighted by Crippen LogP contribution is 2.10. The fraction of sp³-hybridized carbons (Fsp3) is 0.105. The van der Waals surface area contributed by atoms with Gasteiger partial charge in [0.2, 0.25) is 0 Å². The molecule has 128 valence electrons. The molecule has 3 aromatic rings. The molecule has 25 heavy (non-hydrogen) atoms. The maximum absolute atomic E-state index is 13.3. The summed E-state index contributed by atoms with van der Waals surface area (Å²) in [4.78, 5) is 4.39. The van der Waals surface area contributed by atoms with Crippen LogP contribution in [0.3, 0.4) is 0 Å². The molecule has 0 saturated heterocycles. The molecule has 1 heterocycles. The smallest absolute Gasteiger partial charge is 0.159 e. The summed E-state index contributed by atoms with van der Waals surface area (Å²) in [6.07, 6.45) is 1.76. The summed E-state index contributed by atoms with van der Waals surface area (Å²) in [6, 6.07) is 12.6. The molecule has 0 aliphatic heterocycles. The molecule has 0 spiro atoms. The molecule has 3 rings (SSSR count). The van der Waals surface area contributed by atoms with Gasteiger partial charge >= 0.3 is 0 Å². The zero-order chi connectivity index (χ0) is 17.8. The number of pyridine rings is 1. The first-order valence-electron chi connectivity index (χ1n) is 7.57. The van der Waals surface area contributed by atoms with Crippen molar-refractivity contribution in [2.24, 2.45) is 4.99 Å². The molecule has 2 nitrogen and oxygen atoms in total. The summed E-state index contributed by atoms with van der Waals surface area (Å²) < 4.78 is 54.4. The van der Waals surface area contributed by atoms with E-state index in [0.717, 1.165) is 24.3 Å². The molecule has 2 aromatic carbocycles. The van der Waals surface area contributed by atoms with Crippen LogP contribution in [0.25, 0.3) is 0 Å². The number of benzene rings is 2. The van der Waals surface area contributed by atoms with Crippen molar-refractivity contribution in [1.29, 1.82) is 0 Å². The molecule has 0 fully saturated rings.